The highest BCUT2D eigenvalue weighted by Gasteiger charge is 2.29. The number of hydrogen-bond donors (Lipinski definition) is 0. The molecule has 0 aromatic heterocycles. The smallest absolute Gasteiger partial charge is 0.330 e. The number of carbonyl (C=O) groups excluding carboxylic acids is 1. The third kappa shape index (κ3) is 5.14. The molecule has 128 valence electrons. The molecule has 0 aliphatic rings. The summed E-state index contributed by atoms with van der Waals surface area (Å²) < 4.78 is 46.0. The van der Waals surface area contributed by atoms with Crippen molar-refractivity contribution in [3.8, 4) is 5.75 Å². The van der Waals surface area contributed by atoms with E-state index in [4.69, 9.17) is 9.47 Å². The number of ketones is 1. The van der Waals surface area contributed by atoms with Gasteiger partial charge in [-0.05, 0) is 29.8 Å². The zero-order valence-electron chi connectivity index (χ0n) is 13.0. The van der Waals surface area contributed by atoms with Crippen molar-refractivity contribution in [3.05, 3.63) is 65.7 Å². The first-order valence-electron chi connectivity index (χ1n) is 7.16. The van der Waals surface area contributed by atoms with E-state index in [1.54, 1.807) is 42.5 Å². The van der Waals surface area contributed by atoms with Gasteiger partial charge in [-0.1, -0.05) is 30.3 Å². The van der Waals surface area contributed by atoms with Crippen LogP contribution in [0.2, 0.25) is 0 Å². The Labute approximate surface area is 140 Å². The summed E-state index contributed by atoms with van der Waals surface area (Å²) in [6, 6.07) is 14.8. The Bertz CT molecular complexity index is 772. The van der Waals surface area contributed by atoms with Crippen LogP contribution in [0.25, 0.3) is 0 Å². The third-order valence-electron chi connectivity index (χ3n) is 3.36. The van der Waals surface area contributed by atoms with Crippen molar-refractivity contribution in [1.29, 1.82) is 0 Å². The molecular formula is C17H17FO5S. The molecule has 0 heterocycles. The second kappa shape index (κ2) is 8.03. The normalized spacial score (nSPS) is 12.6. The molecule has 0 saturated heterocycles. The molecule has 2 rings (SSSR count). The fourth-order valence-electron chi connectivity index (χ4n) is 2.05. The summed E-state index contributed by atoms with van der Waals surface area (Å²) in [5.74, 6) is 0.0264. The molecule has 0 aliphatic carbocycles. The molecule has 1 unspecified atom stereocenters. The second-order valence-electron chi connectivity index (χ2n) is 5.06. The Hall–Kier alpha value is -2.25. The molecule has 0 amide bonds. The van der Waals surface area contributed by atoms with E-state index < -0.39 is 27.9 Å². The van der Waals surface area contributed by atoms with Crippen LogP contribution in [-0.2, 0) is 21.6 Å². The molecule has 5 nitrogen and oxygen atoms in total. The van der Waals surface area contributed by atoms with E-state index in [0.29, 0.717) is 11.3 Å². The fraction of sp³-hybridized carbons (Fsp3) is 0.235. The minimum absolute atomic E-state index is 0.107. The van der Waals surface area contributed by atoms with Gasteiger partial charge in [0.2, 0.25) is 0 Å². The highest BCUT2D eigenvalue weighted by molar-refractivity contribution is 7.86. The average Bonchev–Trinajstić information content (AvgIpc) is 2.58. The Morgan fingerprint density at radius 3 is 2.25 bits per heavy atom. The molecule has 1 atom stereocenters. The average molecular weight is 352 g/mol. The van der Waals surface area contributed by atoms with Crippen molar-refractivity contribution in [2.75, 3.05) is 7.11 Å². The topological polar surface area (TPSA) is 69.7 Å². The monoisotopic (exact) mass is 352 g/mol. The largest absolute Gasteiger partial charge is 0.497 e. The van der Waals surface area contributed by atoms with Crippen LogP contribution >= 0.6 is 0 Å². The molecule has 24 heavy (non-hydrogen) atoms. The Kier molecular flexibility index (Phi) is 6.05. The van der Waals surface area contributed by atoms with Crippen LogP contribution in [0.4, 0.5) is 3.89 Å². The molecule has 0 bridgehead atoms. The van der Waals surface area contributed by atoms with E-state index in [0.717, 1.165) is 0 Å². The van der Waals surface area contributed by atoms with Gasteiger partial charge >= 0.3 is 10.2 Å². The molecule has 0 radical (unpaired) electrons. The lowest BCUT2D eigenvalue weighted by molar-refractivity contribution is 0.0696. The predicted molar refractivity (Wildman–Crippen MR) is 87.0 cm³/mol. The first-order chi connectivity index (χ1) is 11.4. The van der Waals surface area contributed by atoms with Gasteiger partial charge in [0.15, 0.2) is 11.2 Å². The summed E-state index contributed by atoms with van der Waals surface area (Å²) in [7, 11) is -3.53. The summed E-state index contributed by atoms with van der Waals surface area (Å²) in [6.45, 7) is -0.107. The standard InChI is InChI=1S/C17H17FO5S/c1-22-15-9-7-14(8-10-15)16(19)11-17(24(18,20)21)23-12-13-5-3-2-4-6-13/h2-10,17H,11-12H2,1H3. The zero-order chi connectivity index (χ0) is 17.6. The second-order valence-corrected chi connectivity index (χ2v) is 6.53. The quantitative estimate of drug-likeness (QED) is 0.539. The molecule has 7 heteroatoms. The molecule has 0 aliphatic heterocycles. The van der Waals surface area contributed by atoms with E-state index in [-0.39, 0.29) is 12.2 Å². The highest BCUT2D eigenvalue weighted by atomic mass is 32.3. The van der Waals surface area contributed by atoms with Gasteiger partial charge in [0.1, 0.15) is 5.75 Å². The van der Waals surface area contributed by atoms with E-state index in [2.05, 4.69) is 0 Å². The number of benzene rings is 2. The Morgan fingerprint density at radius 2 is 1.71 bits per heavy atom. The van der Waals surface area contributed by atoms with E-state index >= 15 is 0 Å². The van der Waals surface area contributed by atoms with Crippen LogP contribution in [0, 0.1) is 0 Å². The van der Waals surface area contributed by atoms with Crippen LogP contribution < -0.4 is 4.74 Å². The maximum atomic E-state index is 13.4. The van der Waals surface area contributed by atoms with Gasteiger partial charge in [0.05, 0.1) is 20.1 Å². The molecule has 2 aromatic rings. The SMILES string of the molecule is COc1ccc(C(=O)CC(OCc2ccccc2)S(=O)(=O)F)cc1. The minimum atomic E-state index is -5.02. The van der Waals surface area contributed by atoms with Gasteiger partial charge in [-0.3, -0.25) is 4.79 Å². The van der Waals surface area contributed by atoms with Crippen molar-refractivity contribution >= 4 is 16.0 Å². The van der Waals surface area contributed by atoms with Gasteiger partial charge in [-0.2, -0.15) is 8.42 Å². The Balaban J connectivity index is 2.06. The number of methoxy groups -OCH3 is 1. The Morgan fingerprint density at radius 1 is 1.08 bits per heavy atom. The fourth-order valence-corrected chi connectivity index (χ4v) is 2.63. The van der Waals surface area contributed by atoms with Crippen LogP contribution in [0.1, 0.15) is 22.3 Å². The number of rotatable bonds is 8. The lowest BCUT2D eigenvalue weighted by atomic mass is 10.1. The molecule has 0 spiro atoms. The number of halogens is 1. The van der Waals surface area contributed by atoms with Gasteiger partial charge in [-0.25, -0.2) is 0 Å². The van der Waals surface area contributed by atoms with Crippen molar-refractivity contribution in [3.63, 3.8) is 0 Å². The first-order valence-corrected chi connectivity index (χ1v) is 8.61. The first kappa shape index (κ1) is 18.1. The van der Waals surface area contributed by atoms with E-state index in [1.165, 1.54) is 19.2 Å². The number of hydrogen-bond acceptors (Lipinski definition) is 5. The summed E-state index contributed by atoms with van der Waals surface area (Å²) in [6.07, 6.45) is -0.599. The van der Waals surface area contributed by atoms with Crippen molar-refractivity contribution in [1.82, 2.24) is 0 Å². The van der Waals surface area contributed by atoms with E-state index in [9.17, 15) is 17.1 Å². The summed E-state index contributed by atoms with van der Waals surface area (Å²) in [4.78, 5) is 12.2. The van der Waals surface area contributed by atoms with Gasteiger partial charge < -0.3 is 9.47 Å². The highest BCUT2D eigenvalue weighted by Crippen LogP contribution is 2.18. The van der Waals surface area contributed by atoms with Crippen LogP contribution in [0.3, 0.4) is 0 Å². The van der Waals surface area contributed by atoms with Crippen molar-refractivity contribution < 1.29 is 26.6 Å². The van der Waals surface area contributed by atoms with Crippen molar-refractivity contribution in [2.24, 2.45) is 0 Å². The molecule has 0 N–H and O–H groups in total. The van der Waals surface area contributed by atoms with Crippen LogP contribution in [0.15, 0.2) is 54.6 Å². The summed E-state index contributed by atoms with van der Waals surface area (Å²) >= 11 is 0. The summed E-state index contributed by atoms with van der Waals surface area (Å²) in [5, 5.41) is 0. The molecule has 2 aromatic carbocycles. The maximum absolute atomic E-state index is 13.4. The zero-order valence-corrected chi connectivity index (χ0v) is 13.8. The van der Waals surface area contributed by atoms with Crippen LogP contribution in [-0.4, -0.2) is 26.7 Å². The lowest BCUT2D eigenvalue weighted by Crippen LogP contribution is -2.24. The molecular weight excluding hydrogens is 335 g/mol. The van der Waals surface area contributed by atoms with Gasteiger partial charge in [0, 0.05) is 5.56 Å². The number of carbonyl (C=O) groups is 1. The molecule has 0 fully saturated rings. The van der Waals surface area contributed by atoms with Crippen molar-refractivity contribution in [2.45, 2.75) is 18.5 Å². The van der Waals surface area contributed by atoms with Gasteiger partial charge in [-0.15, -0.1) is 3.89 Å². The molecule has 0 saturated carbocycles. The maximum Gasteiger partial charge on any atom is 0.330 e. The summed E-state index contributed by atoms with van der Waals surface area (Å²) in [5.41, 5.74) is -0.900. The van der Waals surface area contributed by atoms with E-state index in [1.807, 2.05) is 0 Å². The minimum Gasteiger partial charge on any atom is -0.497 e. The predicted octanol–water partition coefficient (Wildman–Crippen LogP) is 3.11. The third-order valence-corrected chi connectivity index (χ3v) is 4.29. The lowest BCUT2D eigenvalue weighted by Gasteiger charge is -2.13. The van der Waals surface area contributed by atoms with Crippen LogP contribution in [0.5, 0.6) is 5.75 Å². The van der Waals surface area contributed by atoms with Gasteiger partial charge in [0.25, 0.3) is 0 Å². The number of ether oxygens (including phenoxy) is 2. The number of Topliss-reactive ketones (excluding diaryl/α,β-unsaturated/α-hetero) is 1.